The Morgan fingerprint density at radius 1 is 0.808 bits per heavy atom. The second-order valence-electron chi connectivity index (χ2n) is 22.3. The van der Waals surface area contributed by atoms with Crippen molar-refractivity contribution in [1.29, 1.82) is 0 Å². The van der Waals surface area contributed by atoms with Crippen LogP contribution in [0, 0.1) is 35.5 Å². The second kappa shape index (κ2) is 33.8. The monoisotopic (exact) mass is 1100 g/mol. The van der Waals surface area contributed by atoms with Gasteiger partial charge in [0, 0.05) is 72.1 Å². The number of aliphatic hydroxyl groups excluding tert-OH is 2. The fourth-order valence-corrected chi connectivity index (χ4v) is 11.2. The molecule has 444 valence electrons. The Kier molecular flexibility index (Phi) is 28.8. The lowest BCUT2D eigenvalue weighted by molar-refractivity contribution is -0.265. The average Bonchev–Trinajstić information content (AvgIpc) is 3.42. The Labute approximate surface area is 464 Å². The number of hydrogen-bond donors (Lipinski definition) is 4. The molecule has 2 amide bonds. The highest BCUT2D eigenvalue weighted by molar-refractivity contribution is 6.39. The van der Waals surface area contributed by atoms with Crippen LogP contribution >= 0.6 is 0 Å². The molecule has 1 saturated carbocycles. The number of piperidine rings is 1. The van der Waals surface area contributed by atoms with Gasteiger partial charge in [0.25, 0.3) is 11.7 Å². The molecule has 0 radical (unpaired) electrons. The number of cyclic esters (lactones) is 1. The minimum atomic E-state index is -2.45. The summed E-state index contributed by atoms with van der Waals surface area (Å²) in [6.07, 6.45) is 9.49. The third kappa shape index (κ3) is 20.0. The minimum Gasteiger partial charge on any atom is -0.460 e. The molecule has 0 aromatic rings. The van der Waals surface area contributed by atoms with E-state index in [-0.39, 0.29) is 56.1 Å². The highest BCUT2D eigenvalue weighted by atomic mass is 16.6. The van der Waals surface area contributed by atoms with E-state index in [0.29, 0.717) is 96.2 Å². The molecule has 0 aromatic carbocycles. The van der Waals surface area contributed by atoms with E-state index in [1.54, 1.807) is 48.2 Å². The molecule has 16 atom stereocenters. The number of carbonyl (C=O) groups is 5. The van der Waals surface area contributed by atoms with Crippen molar-refractivity contribution < 1.29 is 81.9 Å². The van der Waals surface area contributed by atoms with Crippen LogP contribution in [-0.4, -0.2) is 185 Å². The number of nitrogens with zero attached hydrogens (tertiary/aromatic N) is 1. The standard InChI is InChI=1S/C59H96N2O17/c1-37-17-13-12-14-18-38(2)49(71-9)35-45-22-20-43(7)59(69,78-45)55(65)56(66)61-25-16-15-19-46(61)57(67)76-50(36-47(62)39(3)32-42(6)53(64)54(73-11)52(63)41(5)31-37)40(4)33-44-21-23-48(51(34-44)72-10)77-58(68)60-24-26-74-29-30-75-28-27-70-8/h12-14,17-18,32,37,39-41,43-51,53-54,62,64,69H,15-16,19-31,33-36H2,1-11H3,(H,60,68)/b14-12+,17-13+,38-18+,42-32+/t37-,39-,40-,41-,43-,44+,45+,46+,47-,48-,49+,50+,51-,53-,54+,59-/m1/s1. The smallest absolute Gasteiger partial charge is 0.407 e. The van der Waals surface area contributed by atoms with E-state index < -0.39 is 102 Å². The Bertz CT molecular complexity index is 2010. The highest BCUT2D eigenvalue weighted by Crippen LogP contribution is 2.38. The molecule has 78 heavy (non-hydrogen) atoms. The van der Waals surface area contributed by atoms with E-state index in [0.717, 1.165) is 5.57 Å². The maximum absolute atomic E-state index is 14.6. The van der Waals surface area contributed by atoms with E-state index in [2.05, 4.69) is 5.32 Å². The lowest BCUT2D eigenvalue weighted by Crippen LogP contribution is -2.61. The number of ketones is 2. The predicted molar refractivity (Wildman–Crippen MR) is 292 cm³/mol. The van der Waals surface area contributed by atoms with Gasteiger partial charge in [0.2, 0.25) is 5.79 Å². The summed E-state index contributed by atoms with van der Waals surface area (Å²) in [5.41, 5.74) is 1.30. The maximum Gasteiger partial charge on any atom is 0.407 e. The van der Waals surface area contributed by atoms with Gasteiger partial charge in [-0.1, -0.05) is 71.1 Å². The fraction of sp³-hybridized carbons (Fsp3) is 0.780. The molecule has 1 aliphatic carbocycles. The Morgan fingerprint density at radius 3 is 2.22 bits per heavy atom. The summed E-state index contributed by atoms with van der Waals surface area (Å²) in [7, 11) is 6.14. The summed E-state index contributed by atoms with van der Waals surface area (Å²) in [6, 6.07) is -1.16. The Balaban J connectivity index is 1.60. The molecule has 19 heteroatoms. The predicted octanol–water partition coefficient (Wildman–Crippen LogP) is 6.39. The van der Waals surface area contributed by atoms with E-state index in [4.69, 9.17) is 42.6 Å². The van der Waals surface area contributed by atoms with Gasteiger partial charge in [-0.25, -0.2) is 9.59 Å². The Hall–Kier alpha value is -3.89. The van der Waals surface area contributed by atoms with Gasteiger partial charge in [0.05, 0.1) is 57.5 Å². The zero-order valence-corrected chi connectivity index (χ0v) is 48.6. The molecule has 0 spiro atoms. The van der Waals surface area contributed by atoms with Crippen molar-refractivity contribution >= 4 is 29.5 Å². The van der Waals surface area contributed by atoms with E-state index >= 15 is 0 Å². The van der Waals surface area contributed by atoms with Crippen LogP contribution < -0.4 is 5.32 Å². The molecule has 2 bridgehead atoms. The van der Waals surface area contributed by atoms with Crippen LogP contribution in [0.4, 0.5) is 4.79 Å². The first-order valence-electron chi connectivity index (χ1n) is 28.4. The summed E-state index contributed by atoms with van der Waals surface area (Å²) in [6.45, 7) is 15.2. The van der Waals surface area contributed by atoms with Gasteiger partial charge in [-0.05, 0) is 107 Å². The highest BCUT2D eigenvalue weighted by Gasteiger charge is 2.53. The van der Waals surface area contributed by atoms with Crippen LogP contribution in [-0.2, 0) is 61.8 Å². The third-order valence-corrected chi connectivity index (χ3v) is 16.2. The first-order valence-corrected chi connectivity index (χ1v) is 28.4. The lowest BCUT2D eigenvalue weighted by atomic mass is 9.78. The quantitative estimate of drug-likeness (QED) is 0.0567. The number of nitrogens with one attached hydrogen (secondary N) is 1. The number of ether oxygens (including phenoxy) is 9. The van der Waals surface area contributed by atoms with Crippen molar-refractivity contribution in [2.75, 3.05) is 74.6 Å². The maximum atomic E-state index is 14.6. The van der Waals surface area contributed by atoms with Crippen LogP contribution in [0.25, 0.3) is 0 Å². The topological polar surface area (TPSA) is 244 Å². The molecule has 4 aliphatic rings. The van der Waals surface area contributed by atoms with Crippen LogP contribution in [0.3, 0.4) is 0 Å². The van der Waals surface area contributed by atoms with Crippen LogP contribution in [0.1, 0.15) is 126 Å². The van der Waals surface area contributed by atoms with Crippen molar-refractivity contribution in [2.45, 2.75) is 186 Å². The number of carbonyl (C=O) groups excluding carboxylic acids is 5. The van der Waals surface area contributed by atoms with Crippen molar-refractivity contribution in [2.24, 2.45) is 35.5 Å². The van der Waals surface area contributed by atoms with Crippen molar-refractivity contribution in [3.63, 3.8) is 0 Å². The van der Waals surface area contributed by atoms with Crippen molar-refractivity contribution in [1.82, 2.24) is 10.2 Å². The van der Waals surface area contributed by atoms with E-state index in [1.165, 1.54) is 12.0 Å². The van der Waals surface area contributed by atoms with E-state index in [9.17, 15) is 39.3 Å². The molecular formula is C59H96N2O17. The summed E-state index contributed by atoms with van der Waals surface area (Å²) < 4.78 is 51.6. The number of fused-ring (bicyclic) bond motifs is 3. The molecule has 0 aromatic heterocycles. The van der Waals surface area contributed by atoms with Crippen LogP contribution in [0.5, 0.6) is 0 Å². The third-order valence-electron chi connectivity index (χ3n) is 16.2. The molecule has 19 nitrogen and oxygen atoms in total. The lowest BCUT2D eigenvalue weighted by Gasteiger charge is -2.43. The summed E-state index contributed by atoms with van der Waals surface area (Å²) in [5, 5.41) is 38.3. The van der Waals surface area contributed by atoms with Gasteiger partial charge in [-0.2, -0.15) is 0 Å². The number of aliphatic hydroxyl groups is 3. The van der Waals surface area contributed by atoms with Gasteiger partial charge in [-0.3, -0.25) is 14.4 Å². The minimum absolute atomic E-state index is 0.0101. The van der Waals surface area contributed by atoms with Crippen LogP contribution in [0.2, 0.25) is 0 Å². The molecule has 2 saturated heterocycles. The molecule has 0 unspecified atom stereocenters. The first-order chi connectivity index (χ1) is 37.2. The van der Waals surface area contributed by atoms with Gasteiger partial charge >= 0.3 is 12.1 Å². The number of Topliss-reactive ketones (excluding diaryl/α,β-unsaturated/α-hetero) is 2. The number of methoxy groups -OCH3 is 4. The molecule has 4 N–H and O–H groups in total. The molecule has 3 fully saturated rings. The second-order valence-corrected chi connectivity index (χ2v) is 22.3. The van der Waals surface area contributed by atoms with Gasteiger partial charge in [-0.15, -0.1) is 0 Å². The number of amides is 2. The number of hydrogen-bond acceptors (Lipinski definition) is 17. The largest absolute Gasteiger partial charge is 0.460 e. The summed E-state index contributed by atoms with van der Waals surface area (Å²) in [5.74, 6) is -7.69. The van der Waals surface area contributed by atoms with Crippen LogP contribution in [0.15, 0.2) is 47.6 Å². The number of allylic oxidation sites excluding steroid dienone is 5. The molecule has 4 rings (SSSR count). The summed E-state index contributed by atoms with van der Waals surface area (Å²) in [4.78, 5) is 71.2. The number of esters is 1. The summed E-state index contributed by atoms with van der Waals surface area (Å²) >= 11 is 0. The number of rotatable bonds is 16. The van der Waals surface area contributed by atoms with Gasteiger partial charge in [0.15, 0.2) is 5.78 Å². The molecule has 3 heterocycles. The Morgan fingerprint density at radius 2 is 1.53 bits per heavy atom. The zero-order valence-electron chi connectivity index (χ0n) is 48.6. The fourth-order valence-electron chi connectivity index (χ4n) is 11.2. The molecular weight excluding hydrogens is 1010 g/mol. The van der Waals surface area contributed by atoms with Gasteiger partial charge in [0.1, 0.15) is 30.5 Å². The normalized spacial score (nSPS) is 36.5. The van der Waals surface area contributed by atoms with Gasteiger partial charge < -0.3 is 68.2 Å². The molecule has 3 aliphatic heterocycles. The van der Waals surface area contributed by atoms with Crippen molar-refractivity contribution in [3.8, 4) is 0 Å². The average molecular weight is 1110 g/mol. The van der Waals surface area contributed by atoms with Crippen molar-refractivity contribution in [3.05, 3.63) is 47.6 Å². The SMILES string of the molecule is COCCOCCOCCNC(=O)O[C@@H]1CC[C@@H](C[C@@H](C)[C@@H]2C[C@@H](O)[C@H](C)/C=C(\C)[C@@H](O)[C@@H](OC)C(=O)[C@H](C)C[C@H](C)/C=C/C=C/C=C(\C)[C@@H](OC)C[C@@H]3CC[C@@H](C)[C@@](O)(O3)C(=O)C(=O)N3CCCC[C@H]3C(=O)O2)C[C@H]1OC. The number of alkyl carbamates (subject to hydrolysis) is 1. The van der Waals surface area contributed by atoms with E-state index in [1.807, 2.05) is 58.1 Å². The zero-order chi connectivity index (χ0) is 57.5. The first kappa shape index (κ1) is 66.6.